The molecule has 0 spiro atoms. The predicted molar refractivity (Wildman–Crippen MR) is 114 cm³/mol. The van der Waals surface area contributed by atoms with Gasteiger partial charge in [-0.2, -0.15) is 5.26 Å². The van der Waals surface area contributed by atoms with Crippen LogP contribution in [-0.4, -0.2) is 19.2 Å². The van der Waals surface area contributed by atoms with Crippen LogP contribution in [0.4, 0.5) is 5.69 Å². The number of ether oxygens (including phenoxy) is 2. The predicted octanol–water partition coefficient (Wildman–Crippen LogP) is 6.11. The van der Waals surface area contributed by atoms with E-state index in [1.165, 1.54) is 11.3 Å². The lowest BCUT2D eigenvalue weighted by Gasteiger charge is -2.08. The Morgan fingerprint density at radius 2 is 1.82 bits per heavy atom. The normalized spacial score (nSPS) is 11.0. The minimum atomic E-state index is 0.396. The van der Waals surface area contributed by atoms with Gasteiger partial charge in [0, 0.05) is 32.9 Å². The van der Waals surface area contributed by atoms with E-state index in [9.17, 15) is 5.26 Å². The molecule has 3 rings (SSSR count). The summed E-state index contributed by atoms with van der Waals surface area (Å²) in [5.41, 5.74) is 2.69. The third kappa shape index (κ3) is 4.57. The van der Waals surface area contributed by atoms with Crippen molar-refractivity contribution in [2.45, 2.75) is 0 Å². The van der Waals surface area contributed by atoms with Crippen molar-refractivity contribution in [2.24, 2.45) is 0 Å². The summed E-state index contributed by atoms with van der Waals surface area (Å²) < 4.78 is 10.6. The molecule has 0 saturated carbocycles. The number of nitrogens with zero attached hydrogens (tertiary/aromatic N) is 2. The molecule has 28 heavy (non-hydrogen) atoms. The number of hydrogen-bond acceptors (Lipinski definition) is 6. The zero-order valence-electron chi connectivity index (χ0n) is 15.0. The van der Waals surface area contributed by atoms with Gasteiger partial charge in [0.25, 0.3) is 0 Å². The van der Waals surface area contributed by atoms with Crippen LogP contribution in [0.15, 0.2) is 48.0 Å². The number of halogens is 2. The van der Waals surface area contributed by atoms with E-state index >= 15 is 0 Å². The lowest BCUT2D eigenvalue weighted by Crippen LogP contribution is -1.92. The summed E-state index contributed by atoms with van der Waals surface area (Å²) in [4.78, 5) is 4.57. The van der Waals surface area contributed by atoms with Gasteiger partial charge in [0.15, 0.2) is 11.5 Å². The number of thiazole rings is 1. The maximum Gasteiger partial charge on any atom is 0.161 e. The smallest absolute Gasteiger partial charge is 0.161 e. The van der Waals surface area contributed by atoms with Gasteiger partial charge in [-0.25, -0.2) is 4.98 Å². The standard InChI is InChI=1S/C20H15Cl2N3O2S/c1-26-18-4-3-12(5-19(18)27-2)17-11-28-20(25-17)13(9-23)10-24-16-7-14(21)6-15(22)8-16/h3-8,10-11,24H,1-2H3/b13-10+. The maximum atomic E-state index is 9.52. The Morgan fingerprint density at radius 3 is 2.46 bits per heavy atom. The first-order chi connectivity index (χ1) is 13.5. The molecule has 3 aromatic rings. The van der Waals surface area contributed by atoms with Gasteiger partial charge in [-0.05, 0) is 36.4 Å². The second kappa shape index (κ2) is 8.98. The van der Waals surface area contributed by atoms with Crippen LogP contribution < -0.4 is 14.8 Å². The number of nitriles is 1. The highest BCUT2D eigenvalue weighted by molar-refractivity contribution is 7.11. The highest BCUT2D eigenvalue weighted by Crippen LogP contribution is 2.33. The SMILES string of the molecule is COc1ccc(-c2csc(/C(C#N)=C/Nc3cc(Cl)cc(Cl)c3)n2)cc1OC. The van der Waals surface area contributed by atoms with E-state index in [0.717, 1.165) is 11.3 Å². The Labute approximate surface area is 176 Å². The van der Waals surface area contributed by atoms with Crippen molar-refractivity contribution in [3.8, 4) is 28.8 Å². The molecule has 0 atom stereocenters. The molecule has 5 nitrogen and oxygen atoms in total. The van der Waals surface area contributed by atoms with Gasteiger partial charge in [0.2, 0.25) is 0 Å². The fraction of sp³-hybridized carbons (Fsp3) is 0.100. The third-order valence-electron chi connectivity index (χ3n) is 3.78. The molecule has 0 aliphatic heterocycles. The number of benzene rings is 2. The quantitative estimate of drug-likeness (QED) is 0.476. The lowest BCUT2D eigenvalue weighted by molar-refractivity contribution is 0.355. The van der Waals surface area contributed by atoms with Crippen LogP contribution in [0.5, 0.6) is 11.5 Å². The summed E-state index contributed by atoms with van der Waals surface area (Å²) >= 11 is 13.4. The molecule has 0 amide bonds. The van der Waals surface area contributed by atoms with Crippen molar-refractivity contribution in [1.29, 1.82) is 5.26 Å². The summed E-state index contributed by atoms with van der Waals surface area (Å²) in [7, 11) is 3.17. The first-order valence-corrected chi connectivity index (χ1v) is 9.69. The van der Waals surface area contributed by atoms with Crippen LogP contribution >= 0.6 is 34.5 Å². The minimum Gasteiger partial charge on any atom is -0.493 e. The van der Waals surface area contributed by atoms with Crippen LogP contribution in [0.3, 0.4) is 0 Å². The van der Waals surface area contributed by atoms with E-state index in [0.29, 0.717) is 37.8 Å². The number of rotatable bonds is 6. The molecule has 0 bridgehead atoms. The van der Waals surface area contributed by atoms with Crippen LogP contribution in [0.25, 0.3) is 16.8 Å². The molecule has 0 unspecified atom stereocenters. The van der Waals surface area contributed by atoms with E-state index < -0.39 is 0 Å². The van der Waals surface area contributed by atoms with Crippen molar-refractivity contribution < 1.29 is 9.47 Å². The highest BCUT2D eigenvalue weighted by Gasteiger charge is 2.12. The molecular weight excluding hydrogens is 417 g/mol. The summed E-state index contributed by atoms with van der Waals surface area (Å²) in [6, 6.07) is 12.8. The number of anilines is 1. The molecule has 0 aliphatic rings. The van der Waals surface area contributed by atoms with Gasteiger partial charge in [-0.3, -0.25) is 0 Å². The molecule has 1 N–H and O–H groups in total. The zero-order chi connectivity index (χ0) is 20.1. The van der Waals surface area contributed by atoms with Crippen LogP contribution in [0.2, 0.25) is 10.0 Å². The molecule has 0 aliphatic carbocycles. The summed E-state index contributed by atoms with van der Waals surface area (Å²) in [5, 5.41) is 16.0. The molecule has 142 valence electrons. The lowest BCUT2D eigenvalue weighted by atomic mass is 10.1. The van der Waals surface area contributed by atoms with Crippen LogP contribution in [-0.2, 0) is 0 Å². The van der Waals surface area contributed by atoms with Gasteiger partial charge < -0.3 is 14.8 Å². The molecule has 8 heteroatoms. The topological polar surface area (TPSA) is 67.2 Å². The molecule has 1 aromatic heterocycles. The average Bonchev–Trinajstić information content (AvgIpc) is 3.17. The molecule has 1 heterocycles. The van der Waals surface area contributed by atoms with E-state index in [-0.39, 0.29) is 0 Å². The average molecular weight is 432 g/mol. The van der Waals surface area contributed by atoms with Gasteiger partial charge in [-0.15, -0.1) is 11.3 Å². The van der Waals surface area contributed by atoms with Gasteiger partial charge >= 0.3 is 0 Å². The summed E-state index contributed by atoms with van der Waals surface area (Å²) in [6.45, 7) is 0. The van der Waals surface area contributed by atoms with Crippen LogP contribution in [0.1, 0.15) is 5.01 Å². The van der Waals surface area contributed by atoms with E-state index in [1.807, 2.05) is 23.6 Å². The van der Waals surface area contributed by atoms with Crippen molar-refractivity contribution in [3.63, 3.8) is 0 Å². The van der Waals surface area contributed by atoms with Crippen molar-refractivity contribution in [2.75, 3.05) is 19.5 Å². The number of nitrogens with one attached hydrogen (secondary N) is 1. The first-order valence-electron chi connectivity index (χ1n) is 8.05. The van der Waals surface area contributed by atoms with E-state index in [4.69, 9.17) is 32.7 Å². The maximum absolute atomic E-state index is 9.52. The number of allylic oxidation sites excluding steroid dienone is 1. The molecular formula is C20H15Cl2N3O2S. The van der Waals surface area contributed by atoms with Crippen molar-refractivity contribution >= 4 is 45.8 Å². The summed E-state index contributed by atoms with van der Waals surface area (Å²) in [5.74, 6) is 1.26. The second-order valence-corrected chi connectivity index (χ2v) is 7.31. The van der Waals surface area contributed by atoms with Crippen molar-refractivity contribution in [1.82, 2.24) is 4.98 Å². The van der Waals surface area contributed by atoms with Gasteiger partial charge in [0.1, 0.15) is 16.6 Å². The van der Waals surface area contributed by atoms with Crippen LogP contribution in [0, 0.1) is 11.3 Å². The van der Waals surface area contributed by atoms with E-state index in [1.54, 1.807) is 38.6 Å². The molecule has 0 fully saturated rings. The highest BCUT2D eigenvalue weighted by atomic mass is 35.5. The second-order valence-electron chi connectivity index (χ2n) is 5.58. The van der Waals surface area contributed by atoms with E-state index in [2.05, 4.69) is 16.4 Å². The number of methoxy groups -OCH3 is 2. The number of aromatic nitrogens is 1. The number of hydrogen-bond donors (Lipinski definition) is 1. The largest absolute Gasteiger partial charge is 0.493 e. The fourth-order valence-electron chi connectivity index (χ4n) is 2.46. The monoisotopic (exact) mass is 431 g/mol. The fourth-order valence-corrected chi connectivity index (χ4v) is 3.78. The summed E-state index contributed by atoms with van der Waals surface area (Å²) in [6.07, 6.45) is 1.58. The third-order valence-corrected chi connectivity index (χ3v) is 5.09. The van der Waals surface area contributed by atoms with Crippen molar-refractivity contribution in [3.05, 3.63) is 63.0 Å². The Hall–Kier alpha value is -2.72. The Kier molecular flexibility index (Phi) is 6.42. The first kappa shape index (κ1) is 20.0. The molecule has 2 aromatic carbocycles. The molecule has 0 saturated heterocycles. The Balaban J connectivity index is 1.86. The van der Waals surface area contributed by atoms with Gasteiger partial charge in [0.05, 0.1) is 19.9 Å². The minimum absolute atomic E-state index is 0.396. The zero-order valence-corrected chi connectivity index (χ0v) is 17.3. The molecule has 0 radical (unpaired) electrons. The Bertz CT molecular complexity index is 1050. The van der Waals surface area contributed by atoms with Gasteiger partial charge in [-0.1, -0.05) is 23.2 Å². The Morgan fingerprint density at radius 1 is 1.11 bits per heavy atom.